The van der Waals surface area contributed by atoms with E-state index in [4.69, 9.17) is 34.4 Å². The molecule has 0 aromatic carbocycles. The van der Waals surface area contributed by atoms with E-state index in [1.54, 1.807) is 0 Å². The predicted octanol–water partition coefficient (Wildman–Crippen LogP) is -11.8. The number of aromatic amines is 6. The normalized spacial score (nSPS) is 12.4. The van der Waals surface area contributed by atoms with Crippen LogP contribution in [0.1, 0.15) is 34.2 Å². The van der Waals surface area contributed by atoms with Gasteiger partial charge in [0.2, 0.25) is 0 Å². The zero-order chi connectivity index (χ0) is 49.6. The number of rotatable bonds is 18. The van der Waals surface area contributed by atoms with E-state index in [0.29, 0.717) is 34.2 Å². The van der Waals surface area contributed by atoms with Crippen molar-refractivity contribution in [2.24, 2.45) is 34.4 Å². The molecule has 0 aliphatic carbocycles. The molecule has 18 N–H and O–H groups in total. The SMILES string of the molecule is N[C@@H](Cc1cnc[nH]1)C(=O)[O-].N[C@@H](Cc1cnc[nH]1)C(=O)[O-].N[C@@H](Cc1cnc[nH]1)C(=O)[O-].N[C@@H](Cc1cnc[nH]1)C(=O)[O-].N[C@@H](Cc1cnc[nH]1)C(=O)[O-].N[C@@H](Cc1cnc[nH]1)C(=O)[O-].[Cr+3].[Cr+3]. The first kappa shape index (κ1) is 63.0. The second-order valence-corrected chi connectivity index (χ2v) is 13.2. The Morgan fingerprint density at radius 3 is 0.515 bits per heavy atom. The summed E-state index contributed by atoms with van der Waals surface area (Å²) in [6.07, 6.45) is 19.3. The number of carbonyl (C=O) groups excluding carboxylic acids is 6. The molecule has 6 heterocycles. The summed E-state index contributed by atoms with van der Waals surface area (Å²) in [7, 11) is 0. The number of aromatic nitrogens is 12. The molecule has 0 aliphatic rings. The van der Waals surface area contributed by atoms with Crippen molar-refractivity contribution < 1.29 is 94.1 Å². The van der Waals surface area contributed by atoms with E-state index in [1.807, 2.05) is 0 Å². The Kier molecular flexibility index (Phi) is 32.6. The van der Waals surface area contributed by atoms with Crippen molar-refractivity contribution in [3.8, 4) is 0 Å². The summed E-state index contributed by atoms with van der Waals surface area (Å²) in [5.41, 5.74) is 35.4. The van der Waals surface area contributed by atoms with Crippen molar-refractivity contribution in [3.63, 3.8) is 0 Å². The molecule has 0 aliphatic heterocycles. The zero-order valence-corrected chi connectivity index (χ0v) is 38.0. The minimum Gasteiger partial charge on any atom is -0.548 e. The first-order valence-electron chi connectivity index (χ1n) is 18.8. The summed E-state index contributed by atoms with van der Waals surface area (Å²) >= 11 is 0. The number of nitrogens with two attached hydrogens (primary N) is 6. The summed E-state index contributed by atoms with van der Waals surface area (Å²) in [6.45, 7) is 0. The van der Waals surface area contributed by atoms with Gasteiger partial charge in [-0.05, 0) is 0 Å². The number of imidazole rings is 6. The van der Waals surface area contributed by atoms with Gasteiger partial charge in [0, 0.05) is 146 Å². The Hall–Kier alpha value is -7.10. The monoisotopic (exact) mass is 1030 g/mol. The second-order valence-electron chi connectivity index (χ2n) is 13.2. The van der Waals surface area contributed by atoms with Gasteiger partial charge in [-0.25, -0.2) is 29.9 Å². The van der Waals surface area contributed by atoms with Crippen LogP contribution < -0.4 is 65.0 Å². The van der Waals surface area contributed by atoms with Crippen molar-refractivity contribution in [2.75, 3.05) is 0 Å². The van der Waals surface area contributed by atoms with Crippen LogP contribution in [0.5, 0.6) is 0 Å². The number of hydrogen-bond acceptors (Lipinski definition) is 24. The molecule has 366 valence electrons. The van der Waals surface area contributed by atoms with Gasteiger partial charge in [0.05, 0.1) is 73.8 Å². The fourth-order valence-electron chi connectivity index (χ4n) is 4.30. The van der Waals surface area contributed by atoms with E-state index >= 15 is 0 Å². The number of hydrogen-bond donors (Lipinski definition) is 12. The fraction of sp³-hybridized carbons (Fsp3) is 0.333. The van der Waals surface area contributed by atoms with Crippen LogP contribution in [0.15, 0.2) is 75.1 Å². The number of nitrogens with one attached hydrogen (secondary N) is 6. The van der Waals surface area contributed by atoms with Crippen molar-refractivity contribution in [1.82, 2.24) is 59.8 Å². The van der Waals surface area contributed by atoms with E-state index < -0.39 is 72.1 Å². The Bertz CT molecular complexity index is 1810. The van der Waals surface area contributed by atoms with E-state index in [1.165, 1.54) is 75.1 Å². The molecule has 0 bridgehead atoms. The number of carbonyl (C=O) groups is 6. The molecule has 32 heteroatoms. The number of aliphatic carboxylic acids is 6. The average molecular weight is 1030 g/mol. The largest absolute Gasteiger partial charge is 3.00 e. The molecule has 0 saturated heterocycles. The summed E-state index contributed by atoms with van der Waals surface area (Å²) in [5, 5.41) is 60.9. The summed E-state index contributed by atoms with van der Waals surface area (Å²) in [5.74, 6) is -7.50. The predicted molar refractivity (Wildman–Crippen MR) is 212 cm³/mol. The van der Waals surface area contributed by atoms with Crippen molar-refractivity contribution >= 4 is 35.8 Å². The molecule has 6 aromatic rings. The molecule has 0 unspecified atom stereocenters. The molecule has 0 fully saturated rings. The van der Waals surface area contributed by atoms with Crippen molar-refractivity contribution in [2.45, 2.75) is 74.8 Å². The third kappa shape index (κ3) is 28.7. The van der Waals surface area contributed by atoms with E-state index in [9.17, 15) is 59.4 Å². The summed E-state index contributed by atoms with van der Waals surface area (Å²) < 4.78 is 0. The first-order chi connectivity index (χ1) is 31.2. The van der Waals surface area contributed by atoms with E-state index in [-0.39, 0.29) is 73.2 Å². The van der Waals surface area contributed by atoms with Gasteiger partial charge < -0.3 is 124 Å². The van der Waals surface area contributed by atoms with Crippen LogP contribution in [0.4, 0.5) is 0 Å². The Morgan fingerprint density at radius 1 is 0.324 bits per heavy atom. The quantitative estimate of drug-likeness (QED) is 0.0380. The van der Waals surface area contributed by atoms with Crippen LogP contribution >= 0.6 is 0 Å². The third-order valence-corrected chi connectivity index (χ3v) is 7.78. The topological polar surface area (TPSA) is 569 Å². The van der Waals surface area contributed by atoms with Gasteiger partial charge in [-0.2, -0.15) is 0 Å². The van der Waals surface area contributed by atoms with Crippen molar-refractivity contribution in [1.29, 1.82) is 0 Å². The first-order valence-corrected chi connectivity index (χ1v) is 18.8. The van der Waals surface area contributed by atoms with Crippen molar-refractivity contribution in [3.05, 3.63) is 109 Å². The van der Waals surface area contributed by atoms with Gasteiger partial charge in [-0.3, -0.25) is 0 Å². The maximum absolute atomic E-state index is 10.2. The number of carboxylic acids is 6. The summed E-state index contributed by atoms with van der Waals surface area (Å²) in [4.78, 5) is 99.6. The molecular formula is C36H48Cr2N18O12. The number of carboxylic acid groups (broad SMARTS) is 6. The molecule has 30 nitrogen and oxygen atoms in total. The molecule has 68 heavy (non-hydrogen) atoms. The van der Waals surface area contributed by atoms with Gasteiger partial charge in [-0.1, -0.05) is 0 Å². The Labute approximate surface area is 406 Å². The van der Waals surface area contributed by atoms with Crippen LogP contribution in [-0.4, -0.2) is 132 Å². The van der Waals surface area contributed by atoms with Gasteiger partial charge >= 0.3 is 34.7 Å². The zero-order valence-electron chi connectivity index (χ0n) is 35.5. The molecule has 6 aromatic heterocycles. The molecule has 0 amide bonds. The van der Waals surface area contributed by atoms with Crippen LogP contribution in [-0.2, 0) is 102 Å². The molecule has 2 radical (unpaired) electrons. The maximum Gasteiger partial charge on any atom is 3.00 e. The molecule has 6 rings (SSSR count). The fourth-order valence-corrected chi connectivity index (χ4v) is 4.30. The average Bonchev–Trinajstić information content (AvgIpc) is 4.11. The molecular weight excluding hydrogens is 981 g/mol. The van der Waals surface area contributed by atoms with Crippen LogP contribution in [0.3, 0.4) is 0 Å². The third-order valence-electron chi connectivity index (χ3n) is 7.78. The van der Waals surface area contributed by atoms with Gasteiger partial charge in [0.15, 0.2) is 0 Å². The molecule has 0 spiro atoms. The van der Waals surface area contributed by atoms with Gasteiger partial charge in [-0.15, -0.1) is 0 Å². The van der Waals surface area contributed by atoms with Crippen LogP contribution in [0.2, 0.25) is 0 Å². The minimum atomic E-state index is -1.25. The van der Waals surface area contributed by atoms with E-state index in [0.717, 1.165) is 0 Å². The Balaban J connectivity index is 0. The second kappa shape index (κ2) is 35.1. The van der Waals surface area contributed by atoms with Crippen LogP contribution in [0.25, 0.3) is 0 Å². The van der Waals surface area contributed by atoms with Crippen LogP contribution in [0, 0.1) is 0 Å². The minimum absolute atomic E-state index is 0. The van der Waals surface area contributed by atoms with Gasteiger partial charge in [0.25, 0.3) is 0 Å². The number of nitrogens with zero attached hydrogens (tertiary/aromatic N) is 6. The van der Waals surface area contributed by atoms with Gasteiger partial charge in [0.1, 0.15) is 0 Å². The molecule has 0 saturated carbocycles. The Morgan fingerprint density at radius 2 is 0.441 bits per heavy atom. The number of H-pyrrole nitrogens is 6. The maximum atomic E-state index is 10.2. The van der Waals surface area contributed by atoms with E-state index in [2.05, 4.69) is 59.8 Å². The smallest absolute Gasteiger partial charge is 0.548 e. The molecule has 6 atom stereocenters. The summed E-state index contributed by atoms with van der Waals surface area (Å²) in [6, 6.07) is -5.78. The standard InChI is InChI=1S/6C6H9N3O2.2Cr/c6*7-5(6(10)11)1-4-2-8-3-9-4;;/h6*2-3,5H,1,7H2,(H,8,9)(H,10,11);;/q;;;;;;2*+3/p-6/t6*5-;;/m000000../s1.